The van der Waals surface area contributed by atoms with Crippen molar-refractivity contribution in [2.75, 3.05) is 39.4 Å². The van der Waals surface area contributed by atoms with Crippen molar-refractivity contribution in [1.82, 2.24) is 10.7 Å². The van der Waals surface area contributed by atoms with Crippen molar-refractivity contribution in [3.05, 3.63) is 23.7 Å². The number of ether oxygens (including phenoxy) is 1. The summed E-state index contributed by atoms with van der Waals surface area (Å²) in [7, 11) is 0. The van der Waals surface area contributed by atoms with Gasteiger partial charge in [-0.05, 0) is 31.3 Å². The Morgan fingerprint density at radius 3 is 2.95 bits per heavy atom. The van der Waals surface area contributed by atoms with Gasteiger partial charge in [-0.1, -0.05) is 0 Å². The maximum Gasteiger partial charge on any atom is 0.186 e. The predicted molar refractivity (Wildman–Crippen MR) is 85.8 cm³/mol. The number of hydrazone groups is 1. The molecule has 0 bridgehead atoms. The molecule has 1 aromatic heterocycles. The Kier molecular flexibility index (Phi) is 6.65. The highest BCUT2D eigenvalue weighted by molar-refractivity contribution is 7.80. The number of hydrogen-bond acceptors (Lipinski definition) is 4. The largest absolute Gasteiger partial charge is 0.460 e. The standard InChI is InChI=1S/C14H22N4O2S/c1-12-3-4-13(20-12)11-16-17-14(21)15-5-2-6-18-7-9-19-10-8-18/h3-4,11H,2,5-10H2,1H3,(H2,15,17,21)/p+1/b16-11-. The minimum atomic E-state index is 0.534. The van der Waals surface area contributed by atoms with Crippen LogP contribution in [-0.2, 0) is 4.74 Å². The number of nitrogens with one attached hydrogen (secondary N) is 3. The molecule has 116 valence electrons. The first-order valence-electron chi connectivity index (χ1n) is 7.29. The lowest BCUT2D eigenvalue weighted by atomic mass is 10.3. The summed E-state index contributed by atoms with van der Waals surface area (Å²) < 4.78 is 10.7. The monoisotopic (exact) mass is 311 g/mol. The summed E-state index contributed by atoms with van der Waals surface area (Å²) in [6.45, 7) is 7.87. The fraction of sp³-hybridized carbons (Fsp3) is 0.571. The van der Waals surface area contributed by atoms with Crippen molar-refractivity contribution in [1.29, 1.82) is 0 Å². The first-order valence-corrected chi connectivity index (χ1v) is 7.69. The van der Waals surface area contributed by atoms with Gasteiger partial charge in [0.1, 0.15) is 24.6 Å². The fourth-order valence-electron chi connectivity index (χ4n) is 2.17. The molecule has 0 unspecified atom stereocenters. The highest BCUT2D eigenvalue weighted by atomic mass is 32.1. The lowest BCUT2D eigenvalue weighted by Gasteiger charge is -2.23. The van der Waals surface area contributed by atoms with Crippen LogP contribution in [0.5, 0.6) is 0 Å². The first kappa shape index (κ1) is 15.9. The van der Waals surface area contributed by atoms with Gasteiger partial charge in [0.05, 0.1) is 26.0 Å². The fourth-order valence-corrected chi connectivity index (χ4v) is 2.32. The van der Waals surface area contributed by atoms with E-state index in [1.54, 1.807) is 11.1 Å². The lowest BCUT2D eigenvalue weighted by Crippen LogP contribution is -3.14. The quantitative estimate of drug-likeness (QED) is 0.291. The average molecular weight is 311 g/mol. The van der Waals surface area contributed by atoms with E-state index in [2.05, 4.69) is 15.8 Å². The van der Waals surface area contributed by atoms with Crippen LogP contribution in [0.3, 0.4) is 0 Å². The number of quaternary nitrogens is 1. The topological polar surface area (TPSA) is 63.2 Å². The highest BCUT2D eigenvalue weighted by Gasteiger charge is 2.12. The summed E-state index contributed by atoms with van der Waals surface area (Å²) in [5.74, 6) is 1.57. The second-order valence-corrected chi connectivity index (χ2v) is 5.45. The molecule has 0 spiro atoms. The molecular weight excluding hydrogens is 288 g/mol. The van der Waals surface area contributed by atoms with E-state index >= 15 is 0 Å². The summed E-state index contributed by atoms with van der Waals surface area (Å²) in [6.07, 6.45) is 2.69. The normalized spacial score (nSPS) is 16.2. The third-order valence-corrected chi connectivity index (χ3v) is 3.55. The molecule has 3 N–H and O–H groups in total. The number of hydrogen-bond donors (Lipinski definition) is 3. The molecule has 6 nitrogen and oxygen atoms in total. The van der Waals surface area contributed by atoms with Gasteiger partial charge in [0.15, 0.2) is 5.11 Å². The van der Waals surface area contributed by atoms with Gasteiger partial charge in [0.2, 0.25) is 0 Å². The zero-order valence-electron chi connectivity index (χ0n) is 12.4. The van der Waals surface area contributed by atoms with Gasteiger partial charge in [-0.15, -0.1) is 0 Å². The van der Waals surface area contributed by atoms with Crippen LogP contribution in [0.1, 0.15) is 17.9 Å². The molecule has 1 aliphatic heterocycles. The molecular formula is C14H23N4O2S+. The zero-order valence-corrected chi connectivity index (χ0v) is 13.2. The van der Waals surface area contributed by atoms with Crippen molar-refractivity contribution in [2.45, 2.75) is 13.3 Å². The average Bonchev–Trinajstić information content (AvgIpc) is 2.90. The molecule has 0 saturated carbocycles. The minimum absolute atomic E-state index is 0.534. The molecule has 1 aromatic rings. The van der Waals surface area contributed by atoms with Crippen molar-refractivity contribution in [3.8, 4) is 0 Å². The molecule has 0 atom stereocenters. The molecule has 0 amide bonds. The molecule has 7 heteroatoms. The second kappa shape index (κ2) is 8.76. The van der Waals surface area contributed by atoms with Gasteiger partial charge in [-0.25, -0.2) is 0 Å². The van der Waals surface area contributed by atoms with Crippen LogP contribution >= 0.6 is 12.2 Å². The Balaban J connectivity index is 1.54. The smallest absolute Gasteiger partial charge is 0.186 e. The Hall–Kier alpha value is -1.44. The van der Waals surface area contributed by atoms with Crippen LogP contribution in [0, 0.1) is 6.92 Å². The van der Waals surface area contributed by atoms with Crippen molar-refractivity contribution < 1.29 is 14.1 Å². The van der Waals surface area contributed by atoms with E-state index in [1.165, 1.54) is 0 Å². The highest BCUT2D eigenvalue weighted by Crippen LogP contribution is 2.02. The molecule has 0 aromatic carbocycles. The van der Waals surface area contributed by atoms with Crippen molar-refractivity contribution in [3.63, 3.8) is 0 Å². The summed E-state index contributed by atoms with van der Waals surface area (Å²) >= 11 is 5.15. The number of rotatable bonds is 6. The molecule has 21 heavy (non-hydrogen) atoms. The Morgan fingerprint density at radius 1 is 1.43 bits per heavy atom. The van der Waals surface area contributed by atoms with E-state index in [-0.39, 0.29) is 0 Å². The van der Waals surface area contributed by atoms with Crippen LogP contribution < -0.4 is 15.6 Å². The van der Waals surface area contributed by atoms with Crippen LogP contribution in [0.25, 0.3) is 0 Å². The van der Waals surface area contributed by atoms with Crippen LogP contribution in [0.15, 0.2) is 21.7 Å². The van der Waals surface area contributed by atoms with Crippen molar-refractivity contribution in [2.24, 2.45) is 5.10 Å². The molecule has 1 fully saturated rings. The number of morpholine rings is 1. The van der Waals surface area contributed by atoms with Gasteiger partial charge < -0.3 is 19.4 Å². The summed E-state index contributed by atoms with van der Waals surface area (Å²) in [5.41, 5.74) is 2.78. The molecule has 1 aliphatic rings. The van der Waals surface area contributed by atoms with E-state index in [1.807, 2.05) is 19.1 Å². The van der Waals surface area contributed by atoms with Gasteiger partial charge in [0.25, 0.3) is 0 Å². The molecule has 0 radical (unpaired) electrons. The number of furan rings is 1. The summed E-state index contributed by atoms with van der Waals surface area (Å²) in [5, 5.41) is 7.71. The van der Waals surface area contributed by atoms with Crippen molar-refractivity contribution >= 4 is 23.5 Å². The molecule has 2 rings (SSSR count). The van der Waals surface area contributed by atoms with Gasteiger partial charge >= 0.3 is 0 Å². The third kappa shape index (κ3) is 6.24. The molecule has 0 aliphatic carbocycles. The minimum Gasteiger partial charge on any atom is -0.460 e. The van der Waals surface area contributed by atoms with E-state index in [0.29, 0.717) is 10.9 Å². The number of thiocarbonyl (C=S) groups is 1. The first-order chi connectivity index (χ1) is 10.2. The van der Waals surface area contributed by atoms with E-state index in [9.17, 15) is 0 Å². The summed E-state index contributed by atoms with van der Waals surface area (Å²) in [4.78, 5) is 1.60. The maximum absolute atomic E-state index is 5.37. The Morgan fingerprint density at radius 2 is 2.24 bits per heavy atom. The Bertz CT molecular complexity index is 469. The zero-order chi connectivity index (χ0) is 14.9. The van der Waals surface area contributed by atoms with Crippen LogP contribution in [0.2, 0.25) is 0 Å². The van der Waals surface area contributed by atoms with Crippen LogP contribution in [0.4, 0.5) is 0 Å². The predicted octanol–water partition coefficient (Wildman–Crippen LogP) is -0.309. The lowest BCUT2D eigenvalue weighted by molar-refractivity contribution is -0.908. The van der Waals surface area contributed by atoms with E-state index < -0.39 is 0 Å². The molecule has 2 heterocycles. The van der Waals surface area contributed by atoms with Gasteiger partial charge in [-0.2, -0.15) is 5.10 Å². The second-order valence-electron chi connectivity index (χ2n) is 5.04. The SMILES string of the molecule is Cc1ccc(/C=N\NC(=S)NCCC[NH+]2CCOCC2)o1. The van der Waals surface area contributed by atoms with E-state index in [4.69, 9.17) is 21.4 Å². The van der Waals surface area contributed by atoms with Gasteiger partial charge in [0, 0.05) is 13.0 Å². The third-order valence-electron chi connectivity index (χ3n) is 3.31. The van der Waals surface area contributed by atoms with Gasteiger partial charge in [-0.3, -0.25) is 5.43 Å². The molecule has 1 saturated heterocycles. The van der Waals surface area contributed by atoms with E-state index in [0.717, 1.165) is 51.6 Å². The summed E-state index contributed by atoms with van der Waals surface area (Å²) in [6, 6.07) is 3.76. The number of aryl methyl sites for hydroxylation is 1. The number of nitrogens with zero attached hydrogens (tertiary/aromatic N) is 1. The van der Waals surface area contributed by atoms with Crippen LogP contribution in [-0.4, -0.2) is 50.7 Å². The Labute approximate surface area is 130 Å². The maximum atomic E-state index is 5.37.